The molecule has 2 aromatic rings. The number of hydrogen-bond donors (Lipinski definition) is 1. The second-order valence-corrected chi connectivity index (χ2v) is 7.77. The summed E-state index contributed by atoms with van der Waals surface area (Å²) in [5.41, 5.74) is 0.502. The minimum atomic E-state index is -1.44. The number of halogens is 2. The van der Waals surface area contributed by atoms with Crippen LogP contribution in [0.2, 0.25) is 10.0 Å². The van der Waals surface area contributed by atoms with E-state index in [1.165, 1.54) is 19.1 Å². The maximum absolute atomic E-state index is 12.9. The van der Waals surface area contributed by atoms with Crippen molar-refractivity contribution in [2.24, 2.45) is 10.2 Å². The van der Waals surface area contributed by atoms with Gasteiger partial charge >= 0.3 is 0 Å². The SMILES string of the molecule is CCOc1cc(Cl)c(NC(=O)C(N=Nc2ccc(Cl)c(OCC)c2OCC)C(C)=O)cc1OCC. The molecule has 2 aromatic carbocycles. The Morgan fingerprint density at radius 2 is 1.43 bits per heavy atom. The van der Waals surface area contributed by atoms with Gasteiger partial charge < -0.3 is 24.3 Å². The molecule has 0 saturated heterocycles. The topological polar surface area (TPSA) is 108 Å². The number of ether oxygens (including phenoxy) is 4. The van der Waals surface area contributed by atoms with Crippen molar-refractivity contribution in [3.05, 3.63) is 34.3 Å². The van der Waals surface area contributed by atoms with Crippen molar-refractivity contribution in [2.75, 3.05) is 31.7 Å². The quantitative estimate of drug-likeness (QED) is 0.244. The van der Waals surface area contributed by atoms with Crippen molar-refractivity contribution < 1.29 is 28.5 Å². The van der Waals surface area contributed by atoms with E-state index in [4.69, 9.17) is 42.1 Å². The number of rotatable bonds is 13. The average molecular weight is 526 g/mol. The van der Waals surface area contributed by atoms with Crippen molar-refractivity contribution >= 4 is 46.3 Å². The van der Waals surface area contributed by atoms with E-state index < -0.39 is 17.7 Å². The van der Waals surface area contributed by atoms with Crippen LogP contribution in [-0.2, 0) is 9.59 Å². The van der Waals surface area contributed by atoms with E-state index in [9.17, 15) is 9.59 Å². The molecule has 0 radical (unpaired) electrons. The molecule has 190 valence electrons. The van der Waals surface area contributed by atoms with Crippen LogP contribution in [0.15, 0.2) is 34.5 Å². The Labute approximate surface area is 214 Å². The molecule has 0 spiro atoms. The predicted molar refractivity (Wildman–Crippen MR) is 135 cm³/mol. The fraction of sp³-hybridized carbons (Fsp3) is 0.417. The Morgan fingerprint density at radius 3 is 2.00 bits per heavy atom. The van der Waals surface area contributed by atoms with E-state index in [0.29, 0.717) is 48.7 Å². The molecule has 0 bridgehead atoms. The molecule has 0 aliphatic rings. The summed E-state index contributed by atoms with van der Waals surface area (Å²) < 4.78 is 22.3. The molecule has 1 atom stereocenters. The van der Waals surface area contributed by atoms with Crippen molar-refractivity contribution in [3.63, 3.8) is 0 Å². The van der Waals surface area contributed by atoms with Gasteiger partial charge in [-0.25, -0.2) is 0 Å². The standard InChI is InChI=1S/C24H29Cl2N3O6/c1-6-32-19-12-16(26)18(13-20(19)33-7-2)27-24(31)21(14(5)30)29-28-17-11-10-15(25)22(34-8-3)23(17)35-9-4/h10-13,21H,6-9H2,1-5H3,(H,27,31). The highest BCUT2D eigenvalue weighted by Crippen LogP contribution is 2.43. The molecule has 9 nitrogen and oxygen atoms in total. The molecule has 0 saturated carbocycles. The summed E-state index contributed by atoms with van der Waals surface area (Å²) in [5, 5.41) is 11.3. The molecule has 0 aliphatic heterocycles. The van der Waals surface area contributed by atoms with Gasteiger partial charge in [-0.05, 0) is 46.8 Å². The number of azo groups is 1. The number of carbonyl (C=O) groups is 2. The lowest BCUT2D eigenvalue weighted by Gasteiger charge is -2.16. The predicted octanol–water partition coefficient (Wildman–Crippen LogP) is 6.27. The van der Waals surface area contributed by atoms with Crippen LogP contribution >= 0.6 is 23.2 Å². The fourth-order valence-corrected chi connectivity index (χ4v) is 3.38. The molecule has 0 heterocycles. The first-order valence-corrected chi connectivity index (χ1v) is 11.9. The van der Waals surface area contributed by atoms with Crippen LogP contribution in [0.5, 0.6) is 23.0 Å². The molecule has 0 aliphatic carbocycles. The summed E-state index contributed by atoms with van der Waals surface area (Å²) in [6, 6.07) is 4.76. The molecule has 1 amide bonds. The van der Waals surface area contributed by atoms with Crippen molar-refractivity contribution in [1.29, 1.82) is 0 Å². The zero-order chi connectivity index (χ0) is 26.0. The highest BCUT2D eigenvalue weighted by molar-refractivity contribution is 6.34. The summed E-state index contributed by atoms with van der Waals surface area (Å²) >= 11 is 12.5. The third-order valence-corrected chi connectivity index (χ3v) is 5.04. The highest BCUT2D eigenvalue weighted by Gasteiger charge is 2.25. The van der Waals surface area contributed by atoms with E-state index in [-0.39, 0.29) is 22.1 Å². The van der Waals surface area contributed by atoms with E-state index in [2.05, 4.69) is 15.5 Å². The second-order valence-electron chi connectivity index (χ2n) is 6.95. The first kappa shape index (κ1) is 28.2. The average Bonchev–Trinajstić information content (AvgIpc) is 2.80. The Balaban J connectivity index is 2.36. The minimum absolute atomic E-state index is 0.210. The van der Waals surface area contributed by atoms with Crippen LogP contribution < -0.4 is 24.3 Å². The zero-order valence-corrected chi connectivity index (χ0v) is 21.8. The van der Waals surface area contributed by atoms with Gasteiger partial charge in [-0.15, -0.1) is 0 Å². The minimum Gasteiger partial charge on any atom is -0.490 e. The van der Waals surface area contributed by atoms with Gasteiger partial charge in [0, 0.05) is 12.1 Å². The van der Waals surface area contributed by atoms with Crippen LogP contribution in [0.25, 0.3) is 0 Å². The van der Waals surface area contributed by atoms with Gasteiger partial charge in [-0.2, -0.15) is 10.2 Å². The number of nitrogens with one attached hydrogen (secondary N) is 1. The van der Waals surface area contributed by atoms with Gasteiger partial charge in [0.1, 0.15) is 5.69 Å². The summed E-state index contributed by atoms with van der Waals surface area (Å²) in [5.74, 6) is 0.185. The van der Waals surface area contributed by atoms with Crippen LogP contribution in [0, 0.1) is 0 Å². The number of ketones is 1. The summed E-state index contributed by atoms with van der Waals surface area (Å²) in [7, 11) is 0. The van der Waals surface area contributed by atoms with Gasteiger partial charge in [0.25, 0.3) is 5.91 Å². The van der Waals surface area contributed by atoms with Crippen LogP contribution in [0.3, 0.4) is 0 Å². The number of anilines is 1. The Morgan fingerprint density at radius 1 is 0.857 bits per heavy atom. The van der Waals surface area contributed by atoms with Crippen molar-refractivity contribution in [1.82, 2.24) is 0 Å². The van der Waals surface area contributed by atoms with Crippen molar-refractivity contribution in [3.8, 4) is 23.0 Å². The molecule has 2 rings (SSSR count). The Hall–Kier alpha value is -3.04. The maximum Gasteiger partial charge on any atom is 0.258 e. The number of amides is 1. The number of carbonyl (C=O) groups excluding carboxylic acids is 2. The van der Waals surface area contributed by atoms with Crippen LogP contribution in [0.4, 0.5) is 11.4 Å². The molecule has 1 unspecified atom stereocenters. The highest BCUT2D eigenvalue weighted by atomic mass is 35.5. The lowest BCUT2D eigenvalue weighted by molar-refractivity contribution is -0.126. The number of nitrogens with zero attached hydrogens (tertiary/aromatic N) is 2. The van der Waals surface area contributed by atoms with E-state index >= 15 is 0 Å². The molecular weight excluding hydrogens is 497 g/mol. The van der Waals surface area contributed by atoms with Crippen LogP contribution in [0.1, 0.15) is 34.6 Å². The van der Waals surface area contributed by atoms with E-state index in [1.54, 1.807) is 26.0 Å². The number of Topliss-reactive ketones (excluding diaryl/α,β-unsaturated/α-hetero) is 1. The smallest absolute Gasteiger partial charge is 0.258 e. The largest absolute Gasteiger partial charge is 0.490 e. The Kier molecular flexibility index (Phi) is 11.1. The second kappa shape index (κ2) is 13.7. The van der Waals surface area contributed by atoms with Gasteiger partial charge in [-0.3, -0.25) is 9.59 Å². The summed E-state index contributed by atoms with van der Waals surface area (Å²) in [6.45, 7) is 9.95. The molecule has 0 fully saturated rings. The Bertz CT molecular complexity index is 1080. The normalized spacial score (nSPS) is 11.7. The van der Waals surface area contributed by atoms with Gasteiger partial charge in [0.2, 0.25) is 6.04 Å². The molecular formula is C24H29Cl2N3O6. The molecule has 11 heteroatoms. The van der Waals surface area contributed by atoms with E-state index in [1.807, 2.05) is 13.8 Å². The molecule has 1 N–H and O–H groups in total. The summed E-state index contributed by atoms with van der Waals surface area (Å²) in [6.07, 6.45) is 0. The van der Waals surface area contributed by atoms with E-state index in [0.717, 1.165) is 0 Å². The lowest BCUT2D eigenvalue weighted by atomic mass is 10.2. The van der Waals surface area contributed by atoms with Gasteiger partial charge in [-0.1, -0.05) is 23.2 Å². The monoisotopic (exact) mass is 525 g/mol. The van der Waals surface area contributed by atoms with Crippen LogP contribution in [-0.4, -0.2) is 44.2 Å². The first-order chi connectivity index (χ1) is 16.8. The third-order valence-electron chi connectivity index (χ3n) is 4.43. The fourth-order valence-electron chi connectivity index (χ4n) is 2.98. The van der Waals surface area contributed by atoms with Crippen molar-refractivity contribution in [2.45, 2.75) is 40.7 Å². The number of benzene rings is 2. The third kappa shape index (κ3) is 7.47. The first-order valence-electron chi connectivity index (χ1n) is 11.2. The maximum atomic E-state index is 12.9. The molecule has 0 aromatic heterocycles. The lowest BCUT2D eigenvalue weighted by Crippen LogP contribution is -2.32. The van der Waals surface area contributed by atoms with Gasteiger partial charge in [0.05, 0.1) is 42.2 Å². The number of hydrogen-bond acceptors (Lipinski definition) is 8. The zero-order valence-electron chi connectivity index (χ0n) is 20.3. The molecule has 35 heavy (non-hydrogen) atoms. The summed E-state index contributed by atoms with van der Waals surface area (Å²) in [4.78, 5) is 25.2. The van der Waals surface area contributed by atoms with Gasteiger partial charge in [0.15, 0.2) is 28.8 Å².